The van der Waals surface area contributed by atoms with Crippen LogP contribution < -0.4 is 0 Å². The topological polar surface area (TPSA) is 38.7 Å². The average Bonchev–Trinajstić information content (AvgIpc) is 2.96. The van der Waals surface area contributed by atoms with Crippen molar-refractivity contribution < 1.29 is 0 Å². The Morgan fingerprint density at radius 2 is 2.00 bits per heavy atom. The summed E-state index contributed by atoms with van der Waals surface area (Å²) in [5.74, 6) is 0.649. The zero-order chi connectivity index (χ0) is 13.5. The van der Waals surface area contributed by atoms with E-state index >= 15 is 0 Å². The molecule has 3 nitrogen and oxygen atoms in total. The number of rotatable bonds is 1. The van der Waals surface area contributed by atoms with Crippen molar-refractivity contribution in [1.82, 2.24) is 15.0 Å². The van der Waals surface area contributed by atoms with Gasteiger partial charge in [-0.3, -0.25) is 4.98 Å². The SMILES string of the molecule is Clc1nc(-c2ccc3ncccc3c2)nc2sccc12. The summed E-state index contributed by atoms with van der Waals surface area (Å²) >= 11 is 7.78. The van der Waals surface area contributed by atoms with Crippen molar-refractivity contribution >= 4 is 44.1 Å². The number of aromatic nitrogens is 3. The normalized spacial score (nSPS) is 11.2. The Morgan fingerprint density at radius 1 is 1.05 bits per heavy atom. The first-order chi connectivity index (χ1) is 9.81. The lowest BCUT2D eigenvalue weighted by atomic mass is 10.1. The van der Waals surface area contributed by atoms with Gasteiger partial charge in [0.25, 0.3) is 0 Å². The number of thiophene rings is 1. The summed E-state index contributed by atoms with van der Waals surface area (Å²) < 4.78 is 0. The summed E-state index contributed by atoms with van der Waals surface area (Å²) in [5, 5.41) is 4.44. The molecular weight excluding hydrogens is 290 g/mol. The van der Waals surface area contributed by atoms with Crippen LogP contribution in [0, 0.1) is 0 Å². The molecule has 4 rings (SSSR count). The maximum Gasteiger partial charge on any atom is 0.162 e. The molecule has 0 aliphatic heterocycles. The molecule has 1 aromatic carbocycles. The van der Waals surface area contributed by atoms with Crippen LogP contribution in [-0.4, -0.2) is 15.0 Å². The minimum atomic E-state index is 0.498. The van der Waals surface area contributed by atoms with E-state index in [-0.39, 0.29) is 0 Å². The van der Waals surface area contributed by atoms with Crippen molar-refractivity contribution in [1.29, 1.82) is 0 Å². The molecule has 0 atom stereocenters. The van der Waals surface area contributed by atoms with E-state index in [9.17, 15) is 0 Å². The van der Waals surface area contributed by atoms with Crippen molar-refractivity contribution in [2.24, 2.45) is 0 Å². The number of benzene rings is 1. The van der Waals surface area contributed by atoms with E-state index in [0.29, 0.717) is 11.0 Å². The lowest BCUT2D eigenvalue weighted by molar-refractivity contribution is 1.24. The highest BCUT2D eigenvalue weighted by Crippen LogP contribution is 2.29. The summed E-state index contributed by atoms with van der Waals surface area (Å²) in [4.78, 5) is 14.2. The highest BCUT2D eigenvalue weighted by Gasteiger charge is 2.09. The standard InChI is InChI=1S/C15H8ClN3S/c16-13-11-5-7-20-15(11)19-14(18-13)10-3-4-12-9(8-10)2-1-6-17-12/h1-8H. The van der Waals surface area contributed by atoms with Crippen LogP contribution in [0.2, 0.25) is 5.15 Å². The van der Waals surface area contributed by atoms with Gasteiger partial charge < -0.3 is 0 Å². The highest BCUT2D eigenvalue weighted by atomic mass is 35.5. The van der Waals surface area contributed by atoms with Crippen LogP contribution in [0.25, 0.3) is 32.5 Å². The van der Waals surface area contributed by atoms with Crippen molar-refractivity contribution in [2.45, 2.75) is 0 Å². The molecule has 3 heterocycles. The number of hydrogen-bond donors (Lipinski definition) is 0. The van der Waals surface area contributed by atoms with Crippen LogP contribution in [0.5, 0.6) is 0 Å². The van der Waals surface area contributed by atoms with Crippen LogP contribution >= 0.6 is 22.9 Å². The molecule has 4 aromatic rings. The quantitative estimate of drug-likeness (QED) is 0.483. The summed E-state index contributed by atoms with van der Waals surface area (Å²) in [6.07, 6.45) is 1.78. The van der Waals surface area contributed by atoms with Crippen molar-refractivity contribution in [3.63, 3.8) is 0 Å². The largest absolute Gasteiger partial charge is 0.256 e. The van der Waals surface area contributed by atoms with Gasteiger partial charge in [-0.25, -0.2) is 9.97 Å². The van der Waals surface area contributed by atoms with Crippen LogP contribution in [0.15, 0.2) is 48.0 Å². The first-order valence-corrected chi connectivity index (χ1v) is 7.33. The molecule has 96 valence electrons. The third-order valence-electron chi connectivity index (χ3n) is 3.14. The molecule has 0 saturated carbocycles. The first kappa shape index (κ1) is 11.8. The number of nitrogens with zero attached hydrogens (tertiary/aromatic N) is 3. The minimum absolute atomic E-state index is 0.498. The predicted molar refractivity (Wildman–Crippen MR) is 83.2 cm³/mol. The van der Waals surface area contributed by atoms with E-state index in [0.717, 1.165) is 26.7 Å². The molecule has 0 unspecified atom stereocenters. The third kappa shape index (κ3) is 1.85. The first-order valence-electron chi connectivity index (χ1n) is 6.07. The van der Waals surface area contributed by atoms with E-state index in [2.05, 4.69) is 15.0 Å². The van der Waals surface area contributed by atoms with Gasteiger partial charge in [-0.15, -0.1) is 11.3 Å². The highest BCUT2D eigenvalue weighted by molar-refractivity contribution is 7.16. The van der Waals surface area contributed by atoms with Gasteiger partial charge in [-0.1, -0.05) is 17.7 Å². The molecular formula is C15H8ClN3S. The van der Waals surface area contributed by atoms with Gasteiger partial charge >= 0.3 is 0 Å². The van der Waals surface area contributed by atoms with Crippen LogP contribution in [0.4, 0.5) is 0 Å². The van der Waals surface area contributed by atoms with Crippen molar-refractivity contribution in [3.05, 3.63) is 53.1 Å². The maximum absolute atomic E-state index is 6.21. The molecule has 0 bridgehead atoms. The molecule has 0 aliphatic rings. The summed E-state index contributed by atoms with van der Waals surface area (Å²) in [6.45, 7) is 0. The van der Waals surface area contributed by atoms with E-state index < -0.39 is 0 Å². The number of fused-ring (bicyclic) bond motifs is 2. The molecule has 0 aliphatic carbocycles. The van der Waals surface area contributed by atoms with Gasteiger partial charge in [0.1, 0.15) is 9.98 Å². The van der Waals surface area contributed by atoms with Gasteiger partial charge in [0.15, 0.2) is 5.82 Å². The predicted octanol–water partition coefficient (Wildman–Crippen LogP) is 4.56. The third-order valence-corrected chi connectivity index (χ3v) is 4.23. The second-order valence-corrected chi connectivity index (χ2v) is 5.64. The fraction of sp³-hybridized carbons (Fsp3) is 0. The Bertz CT molecular complexity index is 933. The van der Waals surface area contributed by atoms with Crippen LogP contribution in [0.1, 0.15) is 0 Å². The zero-order valence-corrected chi connectivity index (χ0v) is 11.8. The summed E-state index contributed by atoms with van der Waals surface area (Å²) in [7, 11) is 0. The molecule has 0 fully saturated rings. The van der Waals surface area contributed by atoms with Crippen molar-refractivity contribution in [3.8, 4) is 11.4 Å². The van der Waals surface area contributed by atoms with E-state index in [1.54, 1.807) is 17.5 Å². The van der Waals surface area contributed by atoms with Gasteiger partial charge in [0.05, 0.1) is 5.52 Å². The fourth-order valence-corrected chi connectivity index (χ4v) is 3.22. The Balaban J connectivity index is 1.95. The van der Waals surface area contributed by atoms with Crippen LogP contribution in [-0.2, 0) is 0 Å². The lowest BCUT2D eigenvalue weighted by Gasteiger charge is -2.03. The molecule has 0 saturated heterocycles. The molecule has 20 heavy (non-hydrogen) atoms. The van der Waals surface area contributed by atoms with Gasteiger partial charge in [0, 0.05) is 22.5 Å². The summed E-state index contributed by atoms with van der Waals surface area (Å²) in [6, 6.07) is 11.9. The molecule has 3 aromatic heterocycles. The molecule has 0 amide bonds. The zero-order valence-electron chi connectivity index (χ0n) is 10.2. The number of pyridine rings is 1. The molecule has 0 N–H and O–H groups in total. The Hall–Kier alpha value is -2.04. The Morgan fingerprint density at radius 3 is 2.95 bits per heavy atom. The molecule has 0 radical (unpaired) electrons. The number of halogens is 1. The second-order valence-electron chi connectivity index (χ2n) is 4.39. The summed E-state index contributed by atoms with van der Waals surface area (Å²) in [5.41, 5.74) is 1.90. The van der Waals surface area contributed by atoms with Gasteiger partial charge in [-0.05, 0) is 35.7 Å². The maximum atomic E-state index is 6.21. The van der Waals surface area contributed by atoms with Gasteiger partial charge in [-0.2, -0.15) is 0 Å². The second kappa shape index (κ2) is 4.51. The van der Waals surface area contributed by atoms with E-state index in [4.69, 9.17) is 11.6 Å². The van der Waals surface area contributed by atoms with E-state index in [1.165, 1.54) is 0 Å². The Kier molecular flexibility index (Phi) is 2.65. The lowest BCUT2D eigenvalue weighted by Crippen LogP contribution is -1.90. The van der Waals surface area contributed by atoms with Crippen LogP contribution in [0.3, 0.4) is 0 Å². The minimum Gasteiger partial charge on any atom is -0.256 e. The van der Waals surface area contributed by atoms with Gasteiger partial charge in [0.2, 0.25) is 0 Å². The Labute approximate surface area is 123 Å². The average molecular weight is 298 g/mol. The van der Waals surface area contributed by atoms with Crippen molar-refractivity contribution in [2.75, 3.05) is 0 Å². The number of hydrogen-bond acceptors (Lipinski definition) is 4. The monoisotopic (exact) mass is 297 g/mol. The fourth-order valence-electron chi connectivity index (χ4n) is 2.16. The molecule has 5 heteroatoms. The van der Waals surface area contributed by atoms with E-state index in [1.807, 2.05) is 41.8 Å². The smallest absolute Gasteiger partial charge is 0.162 e. The molecule has 0 spiro atoms.